The van der Waals surface area contributed by atoms with E-state index in [-0.39, 0.29) is 0 Å². The molecule has 1 fully saturated rings. The Labute approximate surface area is 188 Å². The third-order valence-electron chi connectivity index (χ3n) is 5.86. The molecule has 0 atom stereocenters. The van der Waals surface area contributed by atoms with Crippen molar-refractivity contribution in [3.63, 3.8) is 0 Å². The number of benzene rings is 3. The van der Waals surface area contributed by atoms with Crippen molar-refractivity contribution in [2.24, 2.45) is 0 Å². The third-order valence-corrected chi connectivity index (χ3v) is 6.85. The number of hydrazine groups is 1. The highest BCUT2D eigenvalue weighted by Gasteiger charge is 2.38. The number of carbonyl (C=O) groups excluding carboxylic acids is 1. The van der Waals surface area contributed by atoms with Gasteiger partial charge in [-0.1, -0.05) is 91.0 Å². The van der Waals surface area contributed by atoms with Crippen LogP contribution in [0.25, 0.3) is 0 Å². The summed E-state index contributed by atoms with van der Waals surface area (Å²) in [5.74, 6) is 2.03. The van der Waals surface area contributed by atoms with E-state index in [1.54, 1.807) is 0 Å². The second kappa shape index (κ2) is 9.58. The second-order valence-electron chi connectivity index (χ2n) is 8.05. The molecule has 1 aliphatic heterocycles. The summed E-state index contributed by atoms with van der Waals surface area (Å²) in [7, 11) is 0. The summed E-state index contributed by atoms with van der Waals surface area (Å²) >= 11 is 1.91. The van der Waals surface area contributed by atoms with Gasteiger partial charge in [0.05, 0.1) is 0 Å². The van der Waals surface area contributed by atoms with Gasteiger partial charge in [-0.15, -0.1) is 0 Å². The van der Waals surface area contributed by atoms with Crippen LogP contribution in [-0.2, 0) is 10.3 Å². The largest absolute Gasteiger partial charge is 0.442 e. The highest BCUT2D eigenvalue weighted by molar-refractivity contribution is 7.99. The maximum Gasteiger partial charge on any atom is 0.422 e. The maximum atomic E-state index is 12.9. The molecule has 3 aromatic rings. The monoisotopic (exact) mass is 432 g/mol. The van der Waals surface area contributed by atoms with E-state index in [9.17, 15) is 4.79 Å². The first kappa shape index (κ1) is 21.5. The van der Waals surface area contributed by atoms with Crippen LogP contribution < -0.4 is 10.9 Å². The number of hydrogen-bond donors (Lipinski definition) is 2. The van der Waals surface area contributed by atoms with Crippen LogP contribution in [0.2, 0.25) is 0 Å². The van der Waals surface area contributed by atoms with Crippen LogP contribution in [0.3, 0.4) is 0 Å². The Morgan fingerprint density at radius 2 is 1.23 bits per heavy atom. The minimum absolute atomic E-state index is 0.425. The fourth-order valence-corrected chi connectivity index (χ4v) is 5.44. The summed E-state index contributed by atoms with van der Waals surface area (Å²) in [4.78, 5) is 12.9. The average Bonchev–Trinajstić information content (AvgIpc) is 2.82. The molecule has 0 bridgehead atoms. The summed E-state index contributed by atoms with van der Waals surface area (Å²) < 4.78 is 5.86. The summed E-state index contributed by atoms with van der Waals surface area (Å²) in [5.41, 5.74) is 8.10. The van der Waals surface area contributed by atoms with Gasteiger partial charge in [-0.05, 0) is 48.0 Å². The van der Waals surface area contributed by atoms with Crippen LogP contribution in [0.5, 0.6) is 0 Å². The van der Waals surface area contributed by atoms with Crippen molar-refractivity contribution in [1.82, 2.24) is 10.9 Å². The van der Waals surface area contributed by atoms with Crippen molar-refractivity contribution in [3.8, 4) is 0 Å². The lowest BCUT2D eigenvalue weighted by Gasteiger charge is -2.38. The van der Waals surface area contributed by atoms with Gasteiger partial charge < -0.3 is 4.74 Å². The van der Waals surface area contributed by atoms with Crippen LogP contribution in [-0.4, -0.2) is 23.2 Å². The van der Waals surface area contributed by atoms with Gasteiger partial charge in [0.1, 0.15) is 11.1 Å². The molecule has 5 heteroatoms. The van der Waals surface area contributed by atoms with E-state index in [1.807, 2.05) is 73.3 Å². The van der Waals surface area contributed by atoms with Gasteiger partial charge in [-0.25, -0.2) is 10.2 Å². The highest BCUT2D eigenvalue weighted by Crippen LogP contribution is 2.36. The van der Waals surface area contributed by atoms with Crippen molar-refractivity contribution < 1.29 is 9.53 Å². The van der Waals surface area contributed by atoms with E-state index < -0.39 is 17.2 Å². The van der Waals surface area contributed by atoms with E-state index in [2.05, 4.69) is 47.2 Å². The van der Waals surface area contributed by atoms with E-state index in [1.165, 1.54) is 0 Å². The molecule has 1 saturated heterocycles. The number of thioether (sulfide) groups is 1. The molecule has 160 valence electrons. The van der Waals surface area contributed by atoms with Crippen molar-refractivity contribution in [2.75, 3.05) is 11.5 Å². The lowest BCUT2D eigenvalue weighted by atomic mass is 9.77. The number of carbonyl (C=O) groups is 1. The van der Waals surface area contributed by atoms with E-state index in [0.29, 0.717) is 0 Å². The smallest absolute Gasteiger partial charge is 0.422 e. The topological polar surface area (TPSA) is 50.4 Å². The fourth-order valence-electron chi connectivity index (χ4n) is 4.08. The molecule has 0 spiro atoms. The first-order valence-corrected chi connectivity index (χ1v) is 11.8. The van der Waals surface area contributed by atoms with Gasteiger partial charge in [0.2, 0.25) is 0 Å². The molecule has 0 saturated carbocycles. The number of rotatable bonds is 6. The molecule has 4 rings (SSSR count). The van der Waals surface area contributed by atoms with Crippen molar-refractivity contribution in [1.29, 1.82) is 0 Å². The average molecular weight is 433 g/mol. The van der Waals surface area contributed by atoms with Crippen LogP contribution >= 0.6 is 11.8 Å². The molecule has 0 aromatic heterocycles. The predicted molar refractivity (Wildman–Crippen MR) is 127 cm³/mol. The van der Waals surface area contributed by atoms with Gasteiger partial charge in [-0.3, -0.25) is 5.43 Å². The van der Waals surface area contributed by atoms with E-state index >= 15 is 0 Å². The summed E-state index contributed by atoms with van der Waals surface area (Å²) in [5, 5.41) is 0. The third kappa shape index (κ3) is 4.78. The molecule has 31 heavy (non-hydrogen) atoms. The van der Waals surface area contributed by atoms with E-state index in [0.717, 1.165) is 41.0 Å². The van der Waals surface area contributed by atoms with Crippen molar-refractivity contribution in [2.45, 2.75) is 30.9 Å². The summed E-state index contributed by atoms with van der Waals surface area (Å²) in [6, 6.07) is 30.5. The van der Waals surface area contributed by atoms with Gasteiger partial charge in [0, 0.05) is 0 Å². The number of hydrogen-bond acceptors (Lipinski definition) is 4. The first-order valence-electron chi connectivity index (χ1n) is 10.6. The molecule has 1 aliphatic rings. The highest BCUT2D eigenvalue weighted by atomic mass is 32.2. The molecule has 2 N–H and O–H groups in total. The zero-order chi connectivity index (χ0) is 21.6. The standard InChI is InChI=1S/C26H28N2O2S/c1-25(17-19-31-20-18-25)30-24(29)27-28-26(21-11-5-2-6-12-21,22-13-7-3-8-14-22)23-15-9-4-10-16-23/h2-16,28H,17-20H2,1H3,(H,27,29). The van der Waals surface area contributed by atoms with Gasteiger partial charge >= 0.3 is 6.09 Å². The Bertz CT molecular complexity index is 877. The van der Waals surface area contributed by atoms with Gasteiger partial charge in [0.15, 0.2) is 0 Å². The van der Waals surface area contributed by atoms with Crippen LogP contribution in [0.1, 0.15) is 36.5 Å². The molecule has 1 heterocycles. The maximum absolute atomic E-state index is 12.9. The molecule has 1 amide bonds. The zero-order valence-electron chi connectivity index (χ0n) is 17.7. The first-order chi connectivity index (χ1) is 15.1. The van der Waals surface area contributed by atoms with Crippen LogP contribution in [0.4, 0.5) is 4.79 Å². The minimum Gasteiger partial charge on any atom is -0.442 e. The second-order valence-corrected chi connectivity index (χ2v) is 9.27. The lowest BCUT2D eigenvalue weighted by Crippen LogP contribution is -2.55. The van der Waals surface area contributed by atoms with Crippen LogP contribution in [0, 0.1) is 0 Å². The molecule has 0 aliphatic carbocycles. The Morgan fingerprint density at radius 1 is 0.806 bits per heavy atom. The van der Waals surface area contributed by atoms with Crippen molar-refractivity contribution in [3.05, 3.63) is 108 Å². The van der Waals surface area contributed by atoms with E-state index in [4.69, 9.17) is 4.74 Å². The molecule has 0 unspecified atom stereocenters. The van der Waals surface area contributed by atoms with Crippen molar-refractivity contribution >= 4 is 17.9 Å². The minimum atomic E-state index is -0.772. The Kier molecular flexibility index (Phi) is 6.64. The number of nitrogens with one attached hydrogen (secondary N) is 2. The molecule has 4 nitrogen and oxygen atoms in total. The predicted octanol–water partition coefficient (Wildman–Crippen LogP) is 5.50. The normalized spacial score (nSPS) is 15.8. The summed E-state index contributed by atoms with van der Waals surface area (Å²) in [6.07, 6.45) is 1.28. The molecular formula is C26H28N2O2S. The number of amides is 1. The molecule has 3 aromatic carbocycles. The Hall–Kier alpha value is -2.76. The quantitative estimate of drug-likeness (QED) is 0.399. The van der Waals surface area contributed by atoms with Crippen LogP contribution in [0.15, 0.2) is 91.0 Å². The number of ether oxygens (including phenoxy) is 1. The zero-order valence-corrected chi connectivity index (χ0v) is 18.5. The van der Waals surface area contributed by atoms with Gasteiger partial charge in [-0.2, -0.15) is 11.8 Å². The van der Waals surface area contributed by atoms with Gasteiger partial charge in [0.25, 0.3) is 0 Å². The SMILES string of the molecule is CC1(OC(=O)NNC(c2ccccc2)(c2ccccc2)c2ccccc2)CCSCC1. The molecular weight excluding hydrogens is 404 g/mol. The lowest BCUT2D eigenvalue weighted by molar-refractivity contribution is 0.0155. The Balaban J connectivity index is 1.69. The summed E-state index contributed by atoms with van der Waals surface area (Å²) in [6.45, 7) is 2.02. The Morgan fingerprint density at radius 3 is 1.65 bits per heavy atom. The molecule has 0 radical (unpaired) electrons. The fraction of sp³-hybridized carbons (Fsp3) is 0.269.